The van der Waals surface area contributed by atoms with Gasteiger partial charge in [0.15, 0.2) is 0 Å². The molecule has 1 aromatic heterocycles. The molecule has 5 nitrogen and oxygen atoms in total. The van der Waals surface area contributed by atoms with Crippen molar-refractivity contribution < 1.29 is 4.79 Å². The van der Waals surface area contributed by atoms with Crippen LogP contribution in [-0.4, -0.2) is 16.9 Å². The zero-order chi connectivity index (χ0) is 15.1. The smallest absolute Gasteiger partial charge is 0.270 e. The molecule has 0 radical (unpaired) electrons. The summed E-state index contributed by atoms with van der Waals surface area (Å²) in [6, 6.07) is 13.7. The number of aromatic nitrogens is 1. The number of carbonyl (C=O) groups is 1. The summed E-state index contributed by atoms with van der Waals surface area (Å²) in [5.41, 5.74) is 4.81. The van der Waals surface area contributed by atoms with Crippen molar-refractivity contribution in [2.45, 2.75) is 25.8 Å². The van der Waals surface area contributed by atoms with E-state index in [-0.39, 0.29) is 11.9 Å². The number of rotatable bonds is 6. The summed E-state index contributed by atoms with van der Waals surface area (Å²) in [6.45, 7) is 2.00. The average molecular weight is 284 g/mol. The van der Waals surface area contributed by atoms with E-state index in [0.29, 0.717) is 11.4 Å². The molecular formula is C16H20N4O. The Bertz CT molecular complexity index is 569. The lowest BCUT2D eigenvalue weighted by molar-refractivity contribution is 0.0933. The quantitative estimate of drug-likeness (QED) is 0.560. The molecular weight excluding hydrogens is 264 g/mol. The summed E-state index contributed by atoms with van der Waals surface area (Å²) >= 11 is 0. The van der Waals surface area contributed by atoms with E-state index in [4.69, 9.17) is 5.84 Å². The minimum atomic E-state index is -0.167. The van der Waals surface area contributed by atoms with Crippen LogP contribution in [0.5, 0.6) is 0 Å². The molecule has 0 fully saturated rings. The van der Waals surface area contributed by atoms with E-state index in [9.17, 15) is 4.79 Å². The van der Waals surface area contributed by atoms with Crippen molar-refractivity contribution in [2.75, 3.05) is 5.43 Å². The monoisotopic (exact) mass is 284 g/mol. The van der Waals surface area contributed by atoms with Crippen LogP contribution in [0.3, 0.4) is 0 Å². The van der Waals surface area contributed by atoms with Gasteiger partial charge in [0.25, 0.3) is 5.91 Å². The molecule has 0 aliphatic carbocycles. The number of carbonyl (C=O) groups excluding carboxylic acids is 1. The lowest BCUT2D eigenvalue weighted by Crippen LogP contribution is -2.33. The Kier molecular flexibility index (Phi) is 5.29. The molecule has 2 rings (SSSR count). The maximum atomic E-state index is 12.0. The third kappa shape index (κ3) is 4.57. The van der Waals surface area contributed by atoms with Crippen LogP contribution in [0.2, 0.25) is 0 Å². The SMILES string of the molecule is CC(CCc1ccccc1)NC(=O)c1ccc(NN)cn1. The van der Waals surface area contributed by atoms with Crippen molar-refractivity contribution in [3.05, 3.63) is 59.9 Å². The van der Waals surface area contributed by atoms with Crippen LogP contribution in [0, 0.1) is 0 Å². The van der Waals surface area contributed by atoms with Crippen molar-refractivity contribution in [1.29, 1.82) is 0 Å². The zero-order valence-corrected chi connectivity index (χ0v) is 12.0. The van der Waals surface area contributed by atoms with Gasteiger partial charge in [0, 0.05) is 6.04 Å². The normalized spacial score (nSPS) is 11.7. The first-order chi connectivity index (χ1) is 10.2. The van der Waals surface area contributed by atoms with Gasteiger partial charge < -0.3 is 10.7 Å². The van der Waals surface area contributed by atoms with Crippen molar-refractivity contribution in [3.8, 4) is 0 Å². The van der Waals surface area contributed by atoms with E-state index < -0.39 is 0 Å². The molecule has 4 N–H and O–H groups in total. The highest BCUT2D eigenvalue weighted by Crippen LogP contribution is 2.07. The minimum absolute atomic E-state index is 0.0896. The molecule has 0 aliphatic rings. The number of nitrogens with zero attached hydrogens (tertiary/aromatic N) is 1. The number of benzene rings is 1. The number of hydrazine groups is 1. The molecule has 2 aromatic rings. The number of pyridine rings is 1. The number of anilines is 1. The molecule has 5 heteroatoms. The molecule has 1 amide bonds. The average Bonchev–Trinajstić information content (AvgIpc) is 2.54. The zero-order valence-electron chi connectivity index (χ0n) is 12.0. The molecule has 1 heterocycles. The Morgan fingerprint density at radius 3 is 2.62 bits per heavy atom. The van der Waals surface area contributed by atoms with Gasteiger partial charge in [-0.3, -0.25) is 10.6 Å². The van der Waals surface area contributed by atoms with Gasteiger partial charge in [-0.05, 0) is 37.5 Å². The molecule has 0 bridgehead atoms. The van der Waals surface area contributed by atoms with Gasteiger partial charge in [0.05, 0.1) is 11.9 Å². The third-order valence-corrected chi connectivity index (χ3v) is 3.25. The fourth-order valence-corrected chi connectivity index (χ4v) is 2.01. The summed E-state index contributed by atoms with van der Waals surface area (Å²) in [4.78, 5) is 16.1. The maximum absolute atomic E-state index is 12.0. The van der Waals surface area contributed by atoms with Gasteiger partial charge >= 0.3 is 0 Å². The van der Waals surface area contributed by atoms with Crippen molar-refractivity contribution in [3.63, 3.8) is 0 Å². The number of nitrogens with one attached hydrogen (secondary N) is 2. The van der Waals surface area contributed by atoms with E-state index in [1.165, 1.54) is 11.8 Å². The lowest BCUT2D eigenvalue weighted by atomic mass is 10.1. The van der Waals surface area contributed by atoms with Crippen molar-refractivity contribution in [2.24, 2.45) is 5.84 Å². The second kappa shape index (κ2) is 7.40. The van der Waals surface area contributed by atoms with E-state index in [1.54, 1.807) is 12.1 Å². The van der Waals surface area contributed by atoms with Crippen LogP contribution in [0.15, 0.2) is 48.7 Å². The Morgan fingerprint density at radius 2 is 2.00 bits per heavy atom. The van der Waals surface area contributed by atoms with Crippen LogP contribution in [-0.2, 0) is 6.42 Å². The predicted molar refractivity (Wildman–Crippen MR) is 83.7 cm³/mol. The molecule has 1 aromatic carbocycles. The molecule has 1 atom stereocenters. The molecule has 110 valence electrons. The number of hydrogen-bond acceptors (Lipinski definition) is 4. The first-order valence-electron chi connectivity index (χ1n) is 6.96. The lowest BCUT2D eigenvalue weighted by Gasteiger charge is -2.13. The predicted octanol–water partition coefficient (Wildman–Crippen LogP) is 2.12. The van der Waals surface area contributed by atoms with Crippen molar-refractivity contribution in [1.82, 2.24) is 10.3 Å². The molecule has 0 spiro atoms. The molecule has 0 saturated carbocycles. The third-order valence-electron chi connectivity index (χ3n) is 3.25. The van der Waals surface area contributed by atoms with Gasteiger partial charge in [0.2, 0.25) is 0 Å². The minimum Gasteiger partial charge on any atom is -0.348 e. The Labute approximate surface area is 124 Å². The summed E-state index contributed by atoms with van der Waals surface area (Å²) in [6.07, 6.45) is 3.35. The van der Waals surface area contributed by atoms with Gasteiger partial charge in [0.1, 0.15) is 5.69 Å². The number of nitrogens with two attached hydrogens (primary N) is 1. The van der Waals surface area contributed by atoms with Crippen LogP contribution in [0.1, 0.15) is 29.4 Å². The fraction of sp³-hybridized carbons (Fsp3) is 0.250. The summed E-state index contributed by atoms with van der Waals surface area (Å²) in [5.74, 6) is 5.09. The molecule has 0 saturated heterocycles. The Morgan fingerprint density at radius 1 is 1.24 bits per heavy atom. The van der Waals surface area contributed by atoms with Gasteiger partial charge in [-0.25, -0.2) is 4.98 Å². The first kappa shape index (κ1) is 15.0. The highest BCUT2D eigenvalue weighted by molar-refractivity contribution is 5.92. The first-order valence-corrected chi connectivity index (χ1v) is 6.96. The van der Waals surface area contributed by atoms with Gasteiger partial charge in [-0.1, -0.05) is 30.3 Å². The highest BCUT2D eigenvalue weighted by atomic mass is 16.1. The fourth-order valence-electron chi connectivity index (χ4n) is 2.01. The number of amides is 1. The number of hydrogen-bond donors (Lipinski definition) is 3. The van der Waals surface area contributed by atoms with Gasteiger partial charge in [-0.15, -0.1) is 0 Å². The van der Waals surface area contributed by atoms with Gasteiger partial charge in [-0.2, -0.15) is 0 Å². The Balaban J connectivity index is 1.83. The summed E-state index contributed by atoms with van der Waals surface area (Å²) in [5, 5.41) is 2.95. The van der Waals surface area contributed by atoms with Crippen LogP contribution >= 0.6 is 0 Å². The topological polar surface area (TPSA) is 80.0 Å². The molecule has 21 heavy (non-hydrogen) atoms. The summed E-state index contributed by atoms with van der Waals surface area (Å²) < 4.78 is 0. The van der Waals surface area contributed by atoms with E-state index >= 15 is 0 Å². The Hall–Kier alpha value is -2.40. The number of aryl methyl sites for hydroxylation is 1. The van der Waals surface area contributed by atoms with E-state index in [2.05, 4.69) is 27.9 Å². The van der Waals surface area contributed by atoms with Crippen LogP contribution in [0.4, 0.5) is 5.69 Å². The van der Waals surface area contributed by atoms with E-state index in [0.717, 1.165) is 12.8 Å². The summed E-state index contributed by atoms with van der Waals surface area (Å²) in [7, 11) is 0. The van der Waals surface area contributed by atoms with E-state index in [1.807, 2.05) is 25.1 Å². The van der Waals surface area contributed by atoms with Crippen LogP contribution < -0.4 is 16.6 Å². The number of nitrogen functional groups attached to an aromatic ring is 1. The standard InChI is InChI=1S/C16H20N4O/c1-12(7-8-13-5-3-2-4-6-13)19-16(21)15-10-9-14(20-17)11-18-15/h2-6,9-12,20H,7-8,17H2,1H3,(H,19,21). The molecule has 0 aliphatic heterocycles. The highest BCUT2D eigenvalue weighted by Gasteiger charge is 2.11. The largest absolute Gasteiger partial charge is 0.348 e. The maximum Gasteiger partial charge on any atom is 0.270 e. The molecule has 1 unspecified atom stereocenters. The second-order valence-corrected chi connectivity index (χ2v) is 4.98. The van der Waals surface area contributed by atoms with Crippen molar-refractivity contribution >= 4 is 11.6 Å². The second-order valence-electron chi connectivity index (χ2n) is 4.98. The van der Waals surface area contributed by atoms with Crippen LogP contribution in [0.25, 0.3) is 0 Å².